The van der Waals surface area contributed by atoms with E-state index in [0.717, 1.165) is 23.7 Å². The van der Waals surface area contributed by atoms with Crippen LogP contribution in [0.3, 0.4) is 0 Å². The summed E-state index contributed by atoms with van der Waals surface area (Å²) in [5, 5.41) is 7.86. The van der Waals surface area contributed by atoms with Crippen LogP contribution in [-0.2, 0) is 13.6 Å². The van der Waals surface area contributed by atoms with Crippen molar-refractivity contribution in [3.63, 3.8) is 0 Å². The predicted molar refractivity (Wildman–Crippen MR) is 74.0 cm³/mol. The number of methoxy groups -OCH3 is 1. The highest BCUT2D eigenvalue weighted by Gasteiger charge is 2.14. The molecule has 0 aliphatic heterocycles. The van der Waals surface area contributed by atoms with Gasteiger partial charge in [0.25, 0.3) is 0 Å². The molecule has 102 valence electrons. The van der Waals surface area contributed by atoms with Crippen molar-refractivity contribution in [1.82, 2.24) is 20.1 Å². The lowest BCUT2D eigenvalue weighted by atomic mass is 10.1. The summed E-state index contributed by atoms with van der Waals surface area (Å²) >= 11 is 0. The summed E-state index contributed by atoms with van der Waals surface area (Å²) in [4.78, 5) is 4.03. The Morgan fingerprint density at radius 1 is 1.37 bits per heavy atom. The van der Waals surface area contributed by atoms with E-state index in [1.54, 1.807) is 11.8 Å². The third kappa shape index (κ3) is 2.93. The van der Waals surface area contributed by atoms with E-state index in [-0.39, 0.29) is 6.04 Å². The van der Waals surface area contributed by atoms with E-state index in [1.807, 2.05) is 38.5 Å². The largest absolute Gasteiger partial charge is 0.481 e. The lowest BCUT2D eigenvalue weighted by molar-refractivity contribution is 0.367. The topological polar surface area (TPSA) is 52.0 Å². The van der Waals surface area contributed by atoms with E-state index in [2.05, 4.69) is 22.3 Å². The van der Waals surface area contributed by atoms with Crippen molar-refractivity contribution in [3.8, 4) is 5.88 Å². The van der Waals surface area contributed by atoms with E-state index < -0.39 is 0 Å². The summed E-state index contributed by atoms with van der Waals surface area (Å²) in [5.74, 6) is 0.812. The van der Waals surface area contributed by atoms with Crippen molar-refractivity contribution in [2.45, 2.75) is 26.4 Å². The SMILES string of the molecule is COc1c(CN[C@H](C)c2ccncc2)c(C)nn1C. The van der Waals surface area contributed by atoms with Crippen LogP contribution >= 0.6 is 0 Å². The van der Waals surface area contributed by atoms with Gasteiger partial charge in [0.15, 0.2) is 0 Å². The minimum Gasteiger partial charge on any atom is -0.481 e. The number of nitrogens with one attached hydrogen (secondary N) is 1. The van der Waals surface area contributed by atoms with Gasteiger partial charge < -0.3 is 10.1 Å². The Morgan fingerprint density at radius 2 is 2.05 bits per heavy atom. The van der Waals surface area contributed by atoms with Crippen LogP contribution in [-0.4, -0.2) is 21.9 Å². The Morgan fingerprint density at radius 3 is 2.68 bits per heavy atom. The number of aromatic nitrogens is 3. The van der Waals surface area contributed by atoms with Crippen LogP contribution in [0.5, 0.6) is 5.88 Å². The van der Waals surface area contributed by atoms with E-state index in [1.165, 1.54) is 5.56 Å². The Balaban J connectivity index is 2.07. The van der Waals surface area contributed by atoms with Gasteiger partial charge in [0.1, 0.15) is 0 Å². The second-order valence-corrected chi connectivity index (χ2v) is 4.58. The molecule has 2 aromatic rings. The highest BCUT2D eigenvalue weighted by Crippen LogP contribution is 2.21. The molecular weight excluding hydrogens is 240 g/mol. The third-order valence-electron chi connectivity index (χ3n) is 3.27. The number of aryl methyl sites for hydroxylation is 2. The molecule has 5 nitrogen and oxygen atoms in total. The first-order valence-corrected chi connectivity index (χ1v) is 6.33. The van der Waals surface area contributed by atoms with Crippen LogP contribution in [0.15, 0.2) is 24.5 Å². The summed E-state index contributed by atoms with van der Waals surface area (Å²) in [7, 11) is 3.56. The van der Waals surface area contributed by atoms with Crippen LogP contribution < -0.4 is 10.1 Å². The highest BCUT2D eigenvalue weighted by atomic mass is 16.5. The molecule has 0 fully saturated rings. The molecular formula is C14H20N4O. The molecule has 0 aromatic carbocycles. The predicted octanol–water partition coefficient (Wildman–Crippen LogP) is 1.98. The Bertz CT molecular complexity index is 536. The Kier molecular flexibility index (Phi) is 4.16. The lowest BCUT2D eigenvalue weighted by Gasteiger charge is -2.14. The number of nitrogens with zero attached hydrogens (tertiary/aromatic N) is 3. The zero-order valence-electron chi connectivity index (χ0n) is 11.8. The van der Waals surface area contributed by atoms with E-state index in [0.29, 0.717) is 0 Å². The van der Waals surface area contributed by atoms with Crippen LogP contribution in [0.4, 0.5) is 0 Å². The maximum Gasteiger partial charge on any atom is 0.216 e. The average molecular weight is 260 g/mol. The van der Waals surface area contributed by atoms with Gasteiger partial charge in [-0.25, -0.2) is 4.68 Å². The van der Waals surface area contributed by atoms with Crippen molar-refractivity contribution in [2.24, 2.45) is 7.05 Å². The van der Waals surface area contributed by atoms with Crippen LogP contribution in [0.25, 0.3) is 0 Å². The zero-order valence-corrected chi connectivity index (χ0v) is 11.8. The summed E-state index contributed by atoms with van der Waals surface area (Å²) in [6.07, 6.45) is 3.62. The fourth-order valence-corrected chi connectivity index (χ4v) is 2.16. The summed E-state index contributed by atoms with van der Waals surface area (Å²) in [6, 6.07) is 4.29. The third-order valence-corrected chi connectivity index (χ3v) is 3.27. The number of ether oxygens (including phenoxy) is 1. The molecule has 2 rings (SSSR count). The molecule has 19 heavy (non-hydrogen) atoms. The zero-order chi connectivity index (χ0) is 13.8. The van der Waals surface area contributed by atoms with E-state index in [9.17, 15) is 0 Å². The molecule has 1 N–H and O–H groups in total. The monoisotopic (exact) mass is 260 g/mol. The van der Waals surface area contributed by atoms with Crippen molar-refractivity contribution in [2.75, 3.05) is 7.11 Å². The molecule has 2 aromatic heterocycles. The van der Waals surface area contributed by atoms with Crippen LogP contribution in [0, 0.1) is 6.92 Å². The molecule has 0 saturated carbocycles. The molecule has 5 heteroatoms. The minimum atomic E-state index is 0.257. The quantitative estimate of drug-likeness (QED) is 0.893. The van der Waals surface area contributed by atoms with Crippen molar-refractivity contribution in [1.29, 1.82) is 0 Å². The second-order valence-electron chi connectivity index (χ2n) is 4.58. The van der Waals surface area contributed by atoms with Crippen molar-refractivity contribution >= 4 is 0 Å². The number of hydrogen-bond acceptors (Lipinski definition) is 4. The van der Waals surface area contributed by atoms with Gasteiger partial charge in [-0.2, -0.15) is 5.10 Å². The first-order valence-electron chi connectivity index (χ1n) is 6.33. The normalized spacial score (nSPS) is 12.4. The molecule has 0 unspecified atom stereocenters. The van der Waals surface area contributed by atoms with Gasteiger partial charge in [0.05, 0.1) is 18.4 Å². The average Bonchev–Trinajstić information content (AvgIpc) is 2.70. The first kappa shape index (κ1) is 13.5. The molecule has 2 heterocycles. The molecule has 0 aliphatic rings. The molecule has 0 aliphatic carbocycles. The minimum absolute atomic E-state index is 0.257. The fourth-order valence-electron chi connectivity index (χ4n) is 2.16. The summed E-state index contributed by atoms with van der Waals surface area (Å²) < 4.78 is 7.15. The van der Waals surface area contributed by atoms with Crippen LogP contribution in [0.2, 0.25) is 0 Å². The van der Waals surface area contributed by atoms with E-state index >= 15 is 0 Å². The number of rotatable bonds is 5. The van der Waals surface area contributed by atoms with Gasteiger partial charge in [-0.05, 0) is 31.5 Å². The van der Waals surface area contributed by atoms with Crippen molar-refractivity contribution in [3.05, 3.63) is 41.3 Å². The Labute approximate surface area is 113 Å². The van der Waals surface area contributed by atoms with Crippen molar-refractivity contribution < 1.29 is 4.74 Å². The van der Waals surface area contributed by atoms with Gasteiger partial charge in [-0.3, -0.25) is 4.98 Å². The number of hydrogen-bond donors (Lipinski definition) is 1. The van der Waals surface area contributed by atoms with Gasteiger partial charge in [0.2, 0.25) is 5.88 Å². The van der Waals surface area contributed by atoms with Gasteiger partial charge in [-0.1, -0.05) is 0 Å². The smallest absolute Gasteiger partial charge is 0.216 e. The standard InChI is InChI=1S/C14H20N4O/c1-10(12-5-7-15-8-6-12)16-9-13-11(2)17-18(3)14(13)19-4/h5-8,10,16H,9H2,1-4H3/t10-/m1/s1. The van der Waals surface area contributed by atoms with Gasteiger partial charge >= 0.3 is 0 Å². The highest BCUT2D eigenvalue weighted by molar-refractivity contribution is 5.31. The Hall–Kier alpha value is -1.88. The van der Waals surface area contributed by atoms with Gasteiger partial charge in [-0.15, -0.1) is 0 Å². The van der Waals surface area contributed by atoms with Gasteiger partial charge in [0, 0.05) is 32.0 Å². The van der Waals surface area contributed by atoms with E-state index in [4.69, 9.17) is 4.74 Å². The molecule has 1 atom stereocenters. The molecule has 0 saturated heterocycles. The molecule has 0 bridgehead atoms. The summed E-state index contributed by atoms with van der Waals surface area (Å²) in [6.45, 7) is 4.86. The van der Waals surface area contributed by atoms with Crippen LogP contribution in [0.1, 0.15) is 29.8 Å². The lowest BCUT2D eigenvalue weighted by Crippen LogP contribution is -2.18. The molecule has 0 amide bonds. The number of pyridine rings is 1. The second kappa shape index (κ2) is 5.84. The first-order chi connectivity index (χ1) is 9.13. The maximum atomic E-state index is 5.39. The fraction of sp³-hybridized carbons (Fsp3) is 0.429. The molecule has 0 radical (unpaired) electrons. The summed E-state index contributed by atoms with van der Waals surface area (Å²) in [5.41, 5.74) is 3.31. The molecule has 0 spiro atoms. The maximum absolute atomic E-state index is 5.39.